The predicted octanol–water partition coefficient (Wildman–Crippen LogP) is 25.5. The van der Waals surface area contributed by atoms with Gasteiger partial charge >= 0.3 is 0 Å². The first-order valence-corrected chi connectivity index (χ1v) is 36.8. The van der Waals surface area contributed by atoms with E-state index in [4.69, 9.17) is 34.9 Å². The molecule has 3 heterocycles. The van der Waals surface area contributed by atoms with Crippen LogP contribution in [0.4, 0.5) is 0 Å². The average Bonchev–Trinajstić information content (AvgIpc) is 0.949. The Labute approximate surface area is 622 Å². The van der Waals surface area contributed by atoms with Gasteiger partial charge in [0.25, 0.3) is 0 Å². The van der Waals surface area contributed by atoms with Crippen LogP contribution in [0.3, 0.4) is 0 Å². The highest BCUT2D eigenvalue weighted by atomic mass is 15.1. The van der Waals surface area contributed by atoms with Crippen molar-refractivity contribution in [3.63, 3.8) is 0 Å². The zero-order valence-corrected chi connectivity index (χ0v) is 62.7. The second-order valence-corrected chi connectivity index (χ2v) is 32.3. The molecule has 106 heavy (non-hydrogen) atoms. The van der Waals surface area contributed by atoms with E-state index in [1.165, 1.54) is 27.8 Å². The number of imidazole rings is 1. The lowest BCUT2D eigenvalue weighted by Gasteiger charge is -2.22. The summed E-state index contributed by atoms with van der Waals surface area (Å²) in [5.74, 6) is 4.59. The fourth-order valence-electron chi connectivity index (χ4n) is 14.6. The van der Waals surface area contributed by atoms with Crippen LogP contribution >= 0.6 is 0 Å². The molecule has 518 valence electrons. The van der Waals surface area contributed by atoms with Crippen molar-refractivity contribution in [2.45, 2.75) is 112 Å². The number of hydrogen-bond acceptors (Lipinski definition) is 7. The maximum Gasteiger partial charge on any atom is 0.164 e. The molecule has 0 N–H and O–H groups in total. The molecule has 16 aromatic rings. The van der Waals surface area contributed by atoms with Crippen LogP contribution in [-0.2, 0) is 21.7 Å². The fraction of sp³-hybridized carbons (Fsp3) is 0.173. The van der Waals surface area contributed by atoms with Crippen LogP contribution in [0, 0.1) is 6.92 Å². The van der Waals surface area contributed by atoms with Gasteiger partial charge in [-0.05, 0) is 147 Å². The van der Waals surface area contributed by atoms with Crippen LogP contribution in [0.15, 0.2) is 285 Å². The summed E-state index contributed by atoms with van der Waals surface area (Å²) in [5, 5.41) is 4.48. The van der Waals surface area contributed by atoms with E-state index in [0.717, 1.165) is 128 Å². The zero-order valence-electron chi connectivity index (χ0n) is 62.7. The van der Waals surface area contributed by atoms with E-state index in [1.807, 2.05) is 0 Å². The van der Waals surface area contributed by atoms with Crippen molar-refractivity contribution in [3.8, 4) is 130 Å². The minimum atomic E-state index is -0.00143. The number of nitrogens with zero attached hydrogens (tertiary/aromatic N) is 8. The van der Waals surface area contributed by atoms with Crippen molar-refractivity contribution in [3.05, 3.63) is 313 Å². The molecule has 0 atom stereocenters. The van der Waals surface area contributed by atoms with Crippen LogP contribution in [0.1, 0.15) is 111 Å². The van der Waals surface area contributed by atoms with Gasteiger partial charge in [-0.2, -0.15) is 0 Å². The van der Waals surface area contributed by atoms with Gasteiger partial charge in [-0.25, -0.2) is 34.9 Å². The molecule has 8 heteroatoms. The predicted molar refractivity (Wildman–Crippen MR) is 442 cm³/mol. The van der Waals surface area contributed by atoms with E-state index >= 15 is 0 Å². The fourth-order valence-corrected chi connectivity index (χ4v) is 14.6. The summed E-state index contributed by atoms with van der Waals surface area (Å²) < 4.78 is 2.31. The first-order chi connectivity index (χ1) is 50.9. The van der Waals surface area contributed by atoms with Gasteiger partial charge in [0.2, 0.25) is 0 Å². The van der Waals surface area contributed by atoms with Crippen molar-refractivity contribution < 1.29 is 0 Å². The first kappa shape index (κ1) is 68.3. The summed E-state index contributed by atoms with van der Waals surface area (Å²) >= 11 is 0. The third-order valence-electron chi connectivity index (χ3n) is 20.7. The second kappa shape index (κ2) is 26.8. The quantitative estimate of drug-likeness (QED) is 0.112. The van der Waals surface area contributed by atoms with Gasteiger partial charge in [-0.3, -0.25) is 4.57 Å². The number of aromatic nitrogens is 8. The third kappa shape index (κ3) is 13.3. The Bertz CT molecular complexity index is 5830. The first-order valence-electron chi connectivity index (χ1n) is 36.8. The van der Waals surface area contributed by atoms with E-state index < -0.39 is 0 Å². The van der Waals surface area contributed by atoms with Gasteiger partial charge in [-0.1, -0.05) is 343 Å². The topological polar surface area (TPSA) is 95.2 Å². The molecule has 0 saturated heterocycles. The standard InChI is InChI=1S/C98H86N8/c1-61-30-57-75(58-31-61)106-85-29-21-20-28-84(85)99-94(106)70-48-59-82-83(60-70)87(79-25-17-15-23-77(79)63-34-38-65(39-35-63)89-102-92(68-44-53-73(54-45-68)97(8,9)10)105-93(103-89)69-46-55-74(56-47-69)98(11,12)13)81-27-19-18-26-80(81)86(82)78-24-16-14-22-76(78)62-32-36-64(37-33-62)88-100-90(66-40-49-71(50-41-66)95(2,3)4)104-91(101-88)67-42-51-72(52-43-67)96(5,6)7/h14-60H,1-13H3. The van der Waals surface area contributed by atoms with E-state index in [2.05, 4.69) is 380 Å². The SMILES string of the molecule is Cc1ccc(-n2c(-c3ccc4c(-c5ccccc5-c5ccc(-c6nc(-c7ccc(C(C)(C)C)cc7)nc(-c7ccc(C(C)(C)C)cc7)n6)cc5)c5ccccc5c(-c5ccccc5-c5ccc(-c6nc(-c7ccc(C(C)(C)C)cc7)nc(-c7ccc(C(C)(C)C)cc7)n6)cc5)c4c3)nc3ccccc32)cc1. The van der Waals surface area contributed by atoms with Gasteiger partial charge in [0.15, 0.2) is 34.9 Å². The smallest absolute Gasteiger partial charge is 0.164 e. The van der Waals surface area contributed by atoms with Crippen LogP contribution in [0.25, 0.3) is 162 Å². The summed E-state index contributed by atoms with van der Waals surface area (Å²) in [7, 11) is 0. The molecule has 13 aromatic carbocycles. The van der Waals surface area contributed by atoms with E-state index in [-0.39, 0.29) is 21.7 Å². The normalized spacial score (nSPS) is 12.2. The number of rotatable bonds is 12. The molecule has 0 aliphatic rings. The molecule has 0 aliphatic heterocycles. The Kier molecular flexibility index (Phi) is 17.3. The summed E-state index contributed by atoms with van der Waals surface area (Å²) in [5.41, 5.74) is 24.5. The molecular weight excluding hydrogens is 1290 g/mol. The molecule has 0 aliphatic carbocycles. The summed E-state index contributed by atoms with van der Waals surface area (Å²) in [4.78, 5) is 36.7. The van der Waals surface area contributed by atoms with Crippen LogP contribution in [0.2, 0.25) is 0 Å². The molecule has 8 nitrogen and oxygen atoms in total. The number of hydrogen-bond donors (Lipinski definition) is 0. The maximum atomic E-state index is 5.48. The monoisotopic (exact) mass is 1370 g/mol. The van der Waals surface area contributed by atoms with Crippen molar-refractivity contribution in [1.82, 2.24) is 39.5 Å². The van der Waals surface area contributed by atoms with Gasteiger partial charge in [0, 0.05) is 44.6 Å². The van der Waals surface area contributed by atoms with Crippen LogP contribution in [-0.4, -0.2) is 39.5 Å². The molecular formula is C98H86N8. The van der Waals surface area contributed by atoms with Crippen molar-refractivity contribution in [2.24, 2.45) is 0 Å². The van der Waals surface area contributed by atoms with E-state index in [1.54, 1.807) is 0 Å². The van der Waals surface area contributed by atoms with Gasteiger partial charge in [-0.15, -0.1) is 0 Å². The highest BCUT2D eigenvalue weighted by Gasteiger charge is 2.26. The molecule has 0 spiro atoms. The minimum Gasteiger partial charge on any atom is -0.292 e. The van der Waals surface area contributed by atoms with E-state index in [0.29, 0.717) is 34.9 Å². The Morgan fingerprint density at radius 3 is 0.877 bits per heavy atom. The number of fused-ring (bicyclic) bond motifs is 3. The van der Waals surface area contributed by atoms with Crippen molar-refractivity contribution in [1.29, 1.82) is 0 Å². The van der Waals surface area contributed by atoms with Crippen molar-refractivity contribution >= 4 is 32.6 Å². The highest BCUT2D eigenvalue weighted by Crippen LogP contribution is 2.50. The number of aryl methyl sites for hydroxylation is 1. The Hall–Kier alpha value is -12.1. The average molecular weight is 1380 g/mol. The molecule has 16 rings (SSSR count). The van der Waals surface area contributed by atoms with Crippen molar-refractivity contribution in [2.75, 3.05) is 0 Å². The maximum absolute atomic E-state index is 5.48. The third-order valence-corrected chi connectivity index (χ3v) is 20.7. The molecule has 0 saturated carbocycles. The van der Waals surface area contributed by atoms with Gasteiger partial charge in [0.1, 0.15) is 5.82 Å². The zero-order chi connectivity index (χ0) is 73.4. The molecule has 0 unspecified atom stereocenters. The lowest BCUT2D eigenvalue weighted by Crippen LogP contribution is -2.11. The summed E-state index contributed by atoms with van der Waals surface area (Å²) in [6, 6.07) is 103. The summed E-state index contributed by atoms with van der Waals surface area (Å²) in [6.45, 7) is 29.0. The second-order valence-electron chi connectivity index (χ2n) is 32.3. The lowest BCUT2D eigenvalue weighted by molar-refractivity contribution is 0.590. The molecule has 0 fully saturated rings. The molecule has 3 aromatic heterocycles. The Balaban J connectivity index is 0.846. The van der Waals surface area contributed by atoms with Crippen LogP contribution in [0.5, 0.6) is 0 Å². The van der Waals surface area contributed by atoms with Gasteiger partial charge < -0.3 is 0 Å². The number of para-hydroxylation sites is 2. The highest BCUT2D eigenvalue weighted by molar-refractivity contribution is 6.24. The Morgan fingerprint density at radius 1 is 0.236 bits per heavy atom. The molecule has 0 radical (unpaired) electrons. The van der Waals surface area contributed by atoms with E-state index in [9.17, 15) is 0 Å². The molecule has 0 amide bonds. The minimum absolute atomic E-state index is 0.000546. The number of benzene rings is 13. The van der Waals surface area contributed by atoms with Crippen LogP contribution < -0.4 is 0 Å². The molecule has 0 bridgehead atoms. The van der Waals surface area contributed by atoms with Gasteiger partial charge in [0.05, 0.1) is 11.0 Å². The largest absolute Gasteiger partial charge is 0.292 e. The Morgan fingerprint density at radius 2 is 0.519 bits per heavy atom. The lowest BCUT2D eigenvalue weighted by atomic mass is 9.82. The summed E-state index contributed by atoms with van der Waals surface area (Å²) in [6.07, 6.45) is 0.